The molecule has 0 atom stereocenters. The number of nitrogens with one attached hydrogen (secondary N) is 2. The molecule has 6 heteroatoms. The summed E-state index contributed by atoms with van der Waals surface area (Å²) in [6, 6.07) is 13.3. The summed E-state index contributed by atoms with van der Waals surface area (Å²) in [5, 5.41) is 5.71. The van der Waals surface area contributed by atoms with E-state index in [4.69, 9.17) is 14.2 Å². The molecule has 6 nitrogen and oxygen atoms in total. The Labute approximate surface area is 154 Å². The highest BCUT2D eigenvalue weighted by molar-refractivity contribution is 5.73. The minimum Gasteiger partial charge on any atom is -0.497 e. The lowest BCUT2D eigenvalue weighted by Gasteiger charge is -2.10. The van der Waals surface area contributed by atoms with Gasteiger partial charge in [0.05, 0.1) is 21.3 Å². The minimum atomic E-state index is -0.180. The monoisotopic (exact) mass is 358 g/mol. The third kappa shape index (κ3) is 5.88. The van der Waals surface area contributed by atoms with Crippen LogP contribution in [0.15, 0.2) is 42.5 Å². The molecule has 2 aromatic carbocycles. The zero-order valence-corrected chi connectivity index (χ0v) is 15.5. The van der Waals surface area contributed by atoms with Crippen molar-refractivity contribution in [1.82, 2.24) is 10.6 Å². The second-order valence-corrected chi connectivity index (χ2v) is 5.75. The van der Waals surface area contributed by atoms with Crippen LogP contribution in [0.5, 0.6) is 17.2 Å². The highest BCUT2D eigenvalue weighted by Gasteiger charge is 2.05. The summed E-state index contributed by atoms with van der Waals surface area (Å²) in [6.07, 6.45) is 1.68. The van der Waals surface area contributed by atoms with Crippen LogP contribution >= 0.6 is 0 Å². The molecule has 26 heavy (non-hydrogen) atoms. The van der Waals surface area contributed by atoms with Crippen molar-refractivity contribution >= 4 is 6.03 Å². The number of carbonyl (C=O) groups is 1. The summed E-state index contributed by atoms with van der Waals surface area (Å²) < 4.78 is 15.7. The Morgan fingerprint density at radius 2 is 1.69 bits per heavy atom. The number of ether oxygens (including phenoxy) is 3. The van der Waals surface area contributed by atoms with Crippen LogP contribution in [0.3, 0.4) is 0 Å². The first-order valence-corrected chi connectivity index (χ1v) is 8.51. The first-order chi connectivity index (χ1) is 12.7. The van der Waals surface area contributed by atoms with Crippen LogP contribution in [0.2, 0.25) is 0 Å². The first-order valence-electron chi connectivity index (χ1n) is 8.51. The smallest absolute Gasteiger partial charge is 0.315 e. The second-order valence-electron chi connectivity index (χ2n) is 5.75. The highest BCUT2D eigenvalue weighted by atomic mass is 16.5. The lowest BCUT2D eigenvalue weighted by Crippen LogP contribution is -2.35. The fraction of sp³-hybridized carbons (Fsp3) is 0.350. The maximum absolute atomic E-state index is 11.9. The van der Waals surface area contributed by atoms with E-state index in [1.54, 1.807) is 21.3 Å². The summed E-state index contributed by atoms with van der Waals surface area (Å²) in [4.78, 5) is 11.9. The van der Waals surface area contributed by atoms with Gasteiger partial charge in [0.1, 0.15) is 5.75 Å². The minimum absolute atomic E-state index is 0.180. The highest BCUT2D eigenvalue weighted by Crippen LogP contribution is 2.27. The SMILES string of the molecule is COc1cccc(CNC(=O)NCCCc2ccc(OC)c(OC)c2)c1. The predicted octanol–water partition coefficient (Wildman–Crippen LogP) is 3.14. The molecule has 2 rings (SSSR count). The van der Waals surface area contributed by atoms with Gasteiger partial charge >= 0.3 is 6.03 Å². The average Bonchev–Trinajstić information content (AvgIpc) is 2.69. The topological polar surface area (TPSA) is 68.8 Å². The molecule has 0 saturated carbocycles. The van der Waals surface area contributed by atoms with E-state index < -0.39 is 0 Å². The van der Waals surface area contributed by atoms with Crippen molar-refractivity contribution in [3.63, 3.8) is 0 Å². The molecule has 2 aromatic rings. The van der Waals surface area contributed by atoms with E-state index in [-0.39, 0.29) is 6.03 Å². The number of benzene rings is 2. The number of amides is 2. The van der Waals surface area contributed by atoms with Crippen LogP contribution in [0.1, 0.15) is 17.5 Å². The Hall–Kier alpha value is -2.89. The van der Waals surface area contributed by atoms with Crippen molar-refractivity contribution in [3.05, 3.63) is 53.6 Å². The molecule has 0 unspecified atom stereocenters. The number of rotatable bonds is 9. The lowest BCUT2D eigenvalue weighted by molar-refractivity contribution is 0.240. The molecule has 0 aliphatic heterocycles. The summed E-state index contributed by atoms with van der Waals surface area (Å²) in [5.41, 5.74) is 2.13. The van der Waals surface area contributed by atoms with Gasteiger partial charge in [-0.25, -0.2) is 4.79 Å². The molecule has 0 fully saturated rings. The molecule has 140 valence electrons. The zero-order valence-electron chi connectivity index (χ0n) is 15.5. The number of hydrogen-bond donors (Lipinski definition) is 2. The van der Waals surface area contributed by atoms with Gasteiger partial charge in [-0.3, -0.25) is 0 Å². The van der Waals surface area contributed by atoms with Gasteiger partial charge in [0.15, 0.2) is 11.5 Å². The molecule has 2 amide bonds. The van der Waals surface area contributed by atoms with E-state index in [2.05, 4.69) is 10.6 Å². The van der Waals surface area contributed by atoms with Gasteiger partial charge in [-0.1, -0.05) is 18.2 Å². The molecule has 2 N–H and O–H groups in total. The van der Waals surface area contributed by atoms with Gasteiger partial charge in [0.2, 0.25) is 0 Å². The number of urea groups is 1. The Morgan fingerprint density at radius 3 is 2.42 bits per heavy atom. The van der Waals surface area contributed by atoms with Crippen LogP contribution in [0.25, 0.3) is 0 Å². The van der Waals surface area contributed by atoms with Crippen molar-refractivity contribution in [2.75, 3.05) is 27.9 Å². The second kappa shape index (κ2) is 10.2. The van der Waals surface area contributed by atoms with E-state index in [1.165, 1.54) is 0 Å². The summed E-state index contributed by atoms with van der Waals surface area (Å²) in [5.74, 6) is 2.21. The van der Waals surface area contributed by atoms with E-state index in [1.807, 2.05) is 42.5 Å². The largest absolute Gasteiger partial charge is 0.497 e. The van der Waals surface area contributed by atoms with Gasteiger partial charge in [-0.05, 0) is 48.2 Å². The molecular weight excluding hydrogens is 332 g/mol. The maximum atomic E-state index is 11.9. The number of methoxy groups -OCH3 is 3. The first kappa shape index (κ1) is 19.4. The Kier molecular flexibility index (Phi) is 7.61. The molecule has 0 bridgehead atoms. The zero-order chi connectivity index (χ0) is 18.8. The Bertz CT molecular complexity index is 719. The van der Waals surface area contributed by atoms with Crippen molar-refractivity contribution in [2.45, 2.75) is 19.4 Å². The standard InChI is InChI=1S/C20H26N2O4/c1-24-17-8-4-6-16(12-17)14-22-20(23)21-11-5-7-15-9-10-18(25-2)19(13-15)26-3/h4,6,8-10,12-13H,5,7,11,14H2,1-3H3,(H2,21,22,23). The molecule has 0 aromatic heterocycles. The van der Waals surface area contributed by atoms with Gasteiger partial charge in [-0.15, -0.1) is 0 Å². The van der Waals surface area contributed by atoms with Gasteiger partial charge in [-0.2, -0.15) is 0 Å². The normalized spacial score (nSPS) is 10.1. The molecule has 0 spiro atoms. The molecule has 0 saturated heterocycles. The quantitative estimate of drug-likeness (QED) is 0.676. The Balaban J connectivity index is 1.70. The van der Waals surface area contributed by atoms with Crippen molar-refractivity contribution in [2.24, 2.45) is 0 Å². The number of aryl methyl sites for hydroxylation is 1. The van der Waals surface area contributed by atoms with E-state index in [0.717, 1.165) is 29.7 Å². The number of hydrogen-bond acceptors (Lipinski definition) is 4. The average molecular weight is 358 g/mol. The van der Waals surface area contributed by atoms with Crippen LogP contribution < -0.4 is 24.8 Å². The third-order valence-electron chi connectivity index (χ3n) is 3.96. The van der Waals surface area contributed by atoms with Gasteiger partial charge in [0.25, 0.3) is 0 Å². The maximum Gasteiger partial charge on any atom is 0.315 e. The molecule has 0 aliphatic rings. The molecule has 0 radical (unpaired) electrons. The van der Waals surface area contributed by atoms with Gasteiger partial charge < -0.3 is 24.8 Å². The van der Waals surface area contributed by atoms with E-state index in [0.29, 0.717) is 24.6 Å². The summed E-state index contributed by atoms with van der Waals surface area (Å²) in [7, 11) is 4.86. The van der Waals surface area contributed by atoms with Crippen molar-refractivity contribution < 1.29 is 19.0 Å². The van der Waals surface area contributed by atoms with Crippen LogP contribution in [0, 0.1) is 0 Å². The van der Waals surface area contributed by atoms with E-state index >= 15 is 0 Å². The Morgan fingerprint density at radius 1 is 0.885 bits per heavy atom. The summed E-state index contributed by atoms with van der Waals surface area (Å²) in [6.45, 7) is 1.05. The number of carbonyl (C=O) groups excluding carboxylic acids is 1. The molecular formula is C20H26N2O4. The fourth-order valence-corrected chi connectivity index (χ4v) is 2.56. The lowest BCUT2D eigenvalue weighted by atomic mass is 10.1. The third-order valence-corrected chi connectivity index (χ3v) is 3.96. The summed E-state index contributed by atoms with van der Waals surface area (Å²) >= 11 is 0. The molecule has 0 heterocycles. The predicted molar refractivity (Wildman–Crippen MR) is 101 cm³/mol. The van der Waals surface area contributed by atoms with Crippen LogP contribution in [-0.4, -0.2) is 33.9 Å². The van der Waals surface area contributed by atoms with Gasteiger partial charge in [0, 0.05) is 13.1 Å². The van der Waals surface area contributed by atoms with Crippen molar-refractivity contribution in [3.8, 4) is 17.2 Å². The van der Waals surface area contributed by atoms with E-state index in [9.17, 15) is 4.79 Å². The van der Waals surface area contributed by atoms with Crippen LogP contribution in [0.4, 0.5) is 4.79 Å². The van der Waals surface area contributed by atoms with Crippen LogP contribution in [-0.2, 0) is 13.0 Å². The molecule has 0 aliphatic carbocycles. The van der Waals surface area contributed by atoms with Crippen molar-refractivity contribution in [1.29, 1.82) is 0 Å². The fourth-order valence-electron chi connectivity index (χ4n) is 2.56.